The first kappa shape index (κ1) is 41.8. The van der Waals surface area contributed by atoms with E-state index < -0.39 is 0 Å². The number of hydrogen-bond acceptors (Lipinski definition) is 2. The monoisotopic (exact) mass is 492 g/mol. The Morgan fingerprint density at radius 1 is 0.647 bits per heavy atom. The third-order valence-electron chi connectivity index (χ3n) is 5.09. The van der Waals surface area contributed by atoms with Gasteiger partial charge in [0.15, 0.2) is 0 Å². The zero-order valence-corrected chi connectivity index (χ0v) is 20.2. The van der Waals surface area contributed by atoms with E-state index in [9.17, 15) is 0 Å². The van der Waals surface area contributed by atoms with Crippen molar-refractivity contribution < 1.29 is 4.42 Å². The van der Waals surface area contributed by atoms with Crippen molar-refractivity contribution in [3.8, 4) is 0 Å². The molecule has 0 saturated carbocycles. The zero-order chi connectivity index (χ0) is 22.0. The summed E-state index contributed by atoms with van der Waals surface area (Å²) in [7, 11) is 4.09. The van der Waals surface area contributed by atoms with Gasteiger partial charge in [0, 0.05) is 42.8 Å². The van der Waals surface area contributed by atoms with E-state index in [0.717, 1.165) is 5.76 Å². The number of rotatable bonds is 0. The Kier molecular flexibility index (Phi) is 25.9. The molecule has 3 nitrogen and oxygen atoms in total. The van der Waals surface area contributed by atoms with Crippen molar-refractivity contribution in [2.45, 2.75) is 85.6 Å². The van der Waals surface area contributed by atoms with Crippen molar-refractivity contribution in [3.63, 3.8) is 0 Å². The van der Waals surface area contributed by atoms with E-state index in [0.29, 0.717) is 0 Å². The van der Waals surface area contributed by atoms with Gasteiger partial charge in [0.1, 0.15) is 5.76 Å². The van der Waals surface area contributed by atoms with Gasteiger partial charge in [0.2, 0.25) is 0 Å². The van der Waals surface area contributed by atoms with Gasteiger partial charge in [-0.25, -0.2) is 0 Å². The second-order valence-corrected chi connectivity index (χ2v) is 8.40. The normalized spacial score (nSPS) is 8.15. The Balaban J connectivity index is -0.000000105. The van der Waals surface area contributed by atoms with Crippen LogP contribution < -0.4 is 0 Å². The lowest BCUT2D eigenvalue weighted by molar-refractivity contribution is 0.532. The summed E-state index contributed by atoms with van der Waals surface area (Å²) >= 11 is 1.80. The van der Waals surface area contributed by atoms with Crippen LogP contribution in [0.5, 0.6) is 0 Å². The third-order valence-corrected chi connectivity index (χ3v) is 6.04. The molecule has 0 aliphatic rings. The summed E-state index contributed by atoms with van der Waals surface area (Å²) in [6.45, 7) is 14.6. The van der Waals surface area contributed by atoms with Gasteiger partial charge in [0.25, 0.3) is 0 Å². The average molecular weight is 493 g/mol. The summed E-state index contributed by atoms with van der Waals surface area (Å²) in [6.07, 6.45) is 5.81. The summed E-state index contributed by atoms with van der Waals surface area (Å²) in [5, 5.41) is 2.12. The van der Waals surface area contributed by atoms with Gasteiger partial charge >= 0.3 is 0 Å². The molecule has 0 amide bonds. The quantitative estimate of drug-likeness (QED) is 0.239. The van der Waals surface area contributed by atoms with Crippen LogP contribution in [0.1, 0.15) is 75.8 Å². The van der Waals surface area contributed by atoms with Crippen molar-refractivity contribution in [2.24, 2.45) is 14.1 Å². The summed E-state index contributed by atoms with van der Waals surface area (Å²) in [4.78, 5) is 1.43. The first-order valence-electron chi connectivity index (χ1n) is 9.81. The van der Waals surface area contributed by atoms with E-state index in [1.54, 1.807) is 17.6 Å². The van der Waals surface area contributed by atoms with Gasteiger partial charge in [-0.3, -0.25) is 0 Å². The van der Waals surface area contributed by atoms with Crippen LogP contribution in [0.4, 0.5) is 0 Å². The van der Waals surface area contributed by atoms with E-state index in [-0.39, 0.29) is 37.1 Å². The Hall–Kier alpha value is -2.46. The van der Waals surface area contributed by atoms with Gasteiger partial charge < -0.3 is 13.6 Å². The molecule has 0 saturated heterocycles. The average Bonchev–Trinajstić information content (AvgIpc) is 3.43. The molecule has 0 radical (unpaired) electrons. The van der Waals surface area contributed by atoms with Crippen molar-refractivity contribution in [1.29, 1.82) is 0 Å². The minimum atomic E-state index is 0. The summed E-state index contributed by atoms with van der Waals surface area (Å²) in [5.74, 6) is 1.01. The molecule has 0 unspecified atom stereocenters. The molecule has 4 rings (SSSR count). The van der Waals surface area contributed by atoms with Crippen LogP contribution >= 0.6 is 11.3 Å². The fourth-order valence-electron chi connectivity index (χ4n) is 2.18. The highest BCUT2D eigenvalue weighted by Gasteiger charge is 1.92. The highest BCUT2D eigenvalue weighted by molar-refractivity contribution is 7.10. The SMILES string of the molecule is C.C.C.C.C.Cc1cccn1C.Cc1ccn(C)c1C.Cc1ccoc1C.Cc1ccsc1C. The zero-order valence-electron chi connectivity index (χ0n) is 19.4. The molecule has 34 heavy (non-hydrogen) atoms. The van der Waals surface area contributed by atoms with E-state index in [4.69, 9.17) is 4.42 Å². The van der Waals surface area contributed by atoms with Gasteiger partial charge in [0.05, 0.1) is 6.26 Å². The lowest BCUT2D eigenvalue weighted by Crippen LogP contribution is -1.87. The van der Waals surface area contributed by atoms with Gasteiger partial charge in [-0.1, -0.05) is 37.1 Å². The largest absolute Gasteiger partial charge is 0.469 e. The third kappa shape index (κ3) is 14.6. The van der Waals surface area contributed by atoms with Crippen LogP contribution in [0.25, 0.3) is 0 Å². The highest BCUT2D eigenvalue weighted by atomic mass is 32.1. The molecule has 0 spiro atoms. The maximum atomic E-state index is 4.96. The Morgan fingerprint density at radius 3 is 1.35 bits per heavy atom. The smallest absolute Gasteiger partial charge is 0.103 e. The van der Waals surface area contributed by atoms with Gasteiger partial charge in [-0.15, -0.1) is 11.3 Å². The van der Waals surface area contributed by atoms with Crippen LogP contribution in [0.2, 0.25) is 0 Å². The van der Waals surface area contributed by atoms with E-state index >= 15 is 0 Å². The van der Waals surface area contributed by atoms with E-state index in [1.807, 2.05) is 39.2 Å². The van der Waals surface area contributed by atoms with Crippen LogP contribution in [-0.4, -0.2) is 9.13 Å². The second-order valence-electron chi connectivity index (χ2n) is 7.28. The highest BCUT2D eigenvalue weighted by Crippen LogP contribution is 2.12. The number of hydrogen-bond donors (Lipinski definition) is 0. The summed E-state index contributed by atoms with van der Waals surface area (Å²) in [5.41, 5.74) is 6.66. The van der Waals surface area contributed by atoms with Gasteiger partial charge in [-0.2, -0.15) is 0 Å². The Labute approximate surface area is 217 Å². The standard InChI is InChI=1S/C7H11N.C6H9N.C6H8O.C6H8S.5CH4/c1-6-4-5-8(3)7(6)2;1-6-4-3-5-7(6)2;2*1-5-3-4-7-6(5)2;;;;;/h4-5H,1-3H3;3-5H,1-2H3;2*3-4H,1-2H3;5*1H4. The maximum Gasteiger partial charge on any atom is 0.103 e. The fourth-order valence-corrected chi connectivity index (χ4v) is 2.91. The molecule has 0 N–H and O–H groups in total. The van der Waals surface area contributed by atoms with Crippen molar-refractivity contribution in [2.75, 3.05) is 0 Å². The second kappa shape index (κ2) is 21.1. The number of nitrogens with zero attached hydrogens (tertiary/aromatic N) is 2. The molecule has 0 bridgehead atoms. The molecule has 0 aliphatic carbocycles. The van der Waals surface area contributed by atoms with Crippen molar-refractivity contribution in [3.05, 3.63) is 93.1 Å². The Morgan fingerprint density at radius 2 is 1.24 bits per heavy atom. The fraction of sp³-hybridized carbons (Fsp3) is 0.467. The number of furan rings is 1. The number of aryl methyl sites for hydroxylation is 8. The van der Waals surface area contributed by atoms with Crippen LogP contribution in [0.15, 0.2) is 58.8 Å². The van der Waals surface area contributed by atoms with Gasteiger partial charge in [-0.05, 0) is 101 Å². The lowest BCUT2D eigenvalue weighted by Gasteiger charge is -1.93. The predicted octanol–water partition coefficient (Wildman–Crippen LogP) is 10.4. The first-order valence-corrected chi connectivity index (χ1v) is 10.7. The maximum absolute atomic E-state index is 4.96. The number of aromatic nitrogens is 2. The van der Waals surface area contributed by atoms with E-state index in [1.165, 1.54) is 33.0 Å². The molecule has 0 aliphatic heterocycles. The molecule has 4 heteroatoms. The molecule has 198 valence electrons. The van der Waals surface area contributed by atoms with Crippen LogP contribution in [-0.2, 0) is 14.1 Å². The minimum Gasteiger partial charge on any atom is -0.469 e. The number of thiophene rings is 1. The molecule has 4 heterocycles. The first-order chi connectivity index (χ1) is 13.6. The molecule has 0 aromatic carbocycles. The van der Waals surface area contributed by atoms with Crippen molar-refractivity contribution in [1.82, 2.24) is 9.13 Å². The molecule has 4 aromatic heterocycles. The molecule has 4 aromatic rings. The minimum absolute atomic E-state index is 0. The Bertz CT molecular complexity index is 810. The lowest BCUT2D eigenvalue weighted by atomic mass is 10.3. The summed E-state index contributed by atoms with van der Waals surface area (Å²) < 4.78 is 9.17. The predicted molar refractivity (Wildman–Crippen MR) is 161 cm³/mol. The van der Waals surface area contributed by atoms with Crippen molar-refractivity contribution >= 4 is 11.3 Å². The molecule has 0 fully saturated rings. The summed E-state index contributed by atoms with van der Waals surface area (Å²) in [6, 6.07) is 10.3. The molecule has 0 atom stereocenters. The molecular formula is C30H56N2OS. The van der Waals surface area contributed by atoms with E-state index in [2.05, 4.69) is 80.6 Å². The molecular weight excluding hydrogens is 436 g/mol. The topological polar surface area (TPSA) is 23.0 Å². The van der Waals surface area contributed by atoms with Crippen LogP contribution in [0.3, 0.4) is 0 Å². The van der Waals surface area contributed by atoms with Crippen LogP contribution in [0, 0.1) is 48.5 Å².